The second-order valence-electron chi connectivity index (χ2n) is 4.80. The summed E-state index contributed by atoms with van der Waals surface area (Å²) in [6, 6.07) is 5.44. The first-order chi connectivity index (χ1) is 8.66. The van der Waals surface area contributed by atoms with Crippen molar-refractivity contribution in [3.63, 3.8) is 0 Å². The van der Waals surface area contributed by atoms with Gasteiger partial charge >= 0.3 is 0 Å². The van der Waals surface area contributed by atoms with Crippen LogP contribution in [0.1, 0.15) is 37.7 Å². The van der Waals surface area contributed by atoms with E-state index in [1.807, 2.05) is 12.1 Å². The van der Waals surface area contributed by atoms with Gasteiger partial charge in [0, 0.05) is 5.56 Å². The van der Waals surface area contributed by atoms with E-state index in [1.54, 1.807) is 6.07 Å². The maximum absolute atomic E-state index is 6.13. The minimum Gasteiger partial charge on any atom is -0.492 e. The molecule has 2 rings (SSSR count). The molecule has 0 aromatic heterocycles. The van der Waals surface area contributed by atoms with Gasteiger partial charge < -0.3 is 10.5 Å². The van der Waals surface area contributed by atoms with Crippen molar-refractivity contribution in [2.24, 2.45) is 11.7 Å². The zero-order valence-corrected chi connectivity index (χ0v) is 11.9. The Bertz CT molecular complexity index is 430. The fourth-order valence-corrected chi connectivity index (χ4v) is 2.77. The van der Waals surface area contributed by atoms with E-state index in [-0.39, 0.29) is 0 Å². The van der Waals surface area contributed by atoms with E-state index < -0.39 is 0 Å². The summed E-state index contributed by atoms with van der Waals surface area (Å²) >= 11 is 11.0. The maximum atomic E-state index is 6.13. The second kappa shape index (κ2) is 6.39. The van der Waals surface area contributed by atoms with Crippen molar-refractivity contribution in [1.82, 2.24) is 0 Å². The Morgan fingerprint density at radius 2 is 2.11 bits per heavy atom. The van der Waals surface area contributed by atoms with Crippen molar-refractivity contribution in [2.75, 3.05) is 6.61 Å². The molecule has 98 valence electrons. The van der Waals surface area contributed by atoms with Crippen molar-refractivity contribution in [3.8, 4) is 5.75 Å². The Morgan fingerprint density at radius 1 is 1.39 bits per heavy atom. The van der Waals surface area contributed by atoms with E-state index in [9.17, 15) is 0 Å². The zero-order chi connectivity index (χ0) is 13.0. The first-order valence-corrected chi connectivity index (χ1v) is 7.17. The molecule has 0 bridgehead atoms. The molecular weight excluding hydrogens is 266 g/mol. The van der Waals surface area contributed by atoms with E-state index in [0.717, 1.165) is 30.3 Å². The first kappa shape index (κ1) is 13.6. The van der Waals surface area contributed by atoms with Gasteiger partial charge in [0.05, 0.1) is 11.6 Å². The molecule has 1 aliphatic carbocycles. The smallest absolute Gasteiger partial charge is 0.137 e. The van der Waals surface area contributed by atoms with E-state index >= 15 is 0 Å². The average molecular weight is 284 g/mol. The Morgan fingerprint density at radius 3 is 2.72 bits per heavy atom. The molecule has 0 saturated heterocycles. The highest BCUT2D eigenvalue weighted by Gasteiger charge is 2.15. The van der Waals surface area contributed by atoms with Gasteiger partial charge in [0.1, 0.15) is 10.7 Å². The molecule has 4 heteroatoms. The molecule has 0 atom stereocenters. The molecule has 1 fully saturated rings. The molecule has 1 saturated carbocycles. The summed E-state index contributed by atoms with van der Waals surface area (Å²) in [5, 5.41) is 0.576. The van der Waals surface area contributed by atoms with Crippen molar-refractivity contribution in [1.29, 1.82) is 0 Å². The van der Waals surface area contributed by atoms with Gasteiger partial charge in [-0.25, -0.2) is 0 Å². The van der Waals surface area contributed by atoms with Gasteiger partial charge in [-0.1, -0.05) is 49.5 Å². The van der Waals surface area contributed by atoms with E-state index in [4.69, 9.17) is 34.3 Å². The third-order valence-corrected chi connectivity index (χ3v) is 4.01. The summed E-state index contributed by atoms with van der Waals surface area (Å²) in [6.45, 7) is 0.733. The minimum atomic E-state index is 0.356. The maximum Gasteiger partial charge on any atom is 0.137 e. The molecule has 1 aromatic rings. The van der Waals surface area contributed by atoms with Crippen LogP contribution in [0.2, 0.25) is 5.02 Å². The summed E-state index contributed by atoms with van der Waals surface area (Å²) in [4.78, 5) is 0.356. The SMILES string of the molecule is NC(=S)c1ccc(OCCC2CCCC2)c(Cl)c1. The second-order valence-corrected chi connectivity index (χ2v) is 5.64. The summed E-state index contributed by atoms with van der Waals surface area (Å²) < 4.78 is 5.72. The van der Waals surface area contributed by atoms with Gasteiger partial charge in [-0.05, 0) is 30.5 Å². The lowest BCUT2D eigenvalue weighted by Crippen LogP contribution is -2.09. The molecule has 0 unspecified atom stereocenters. The van der Waals surface area contributed by atoms with Crippen molar-refractivity contribution in [3.05, 3.63) is 28.8 Å². The van der Waals surface area contributed by atoms with E-state index in [2.05, 4.69) is 0 Å². The van der Waals surface area contributed by atoms with Gasteiger partial charge in [-0.2, -0.15) is 0 Å². The Balaban J connectivity index is 1.87. The number of rotatable bonds is 5. The largest absolute Gasteiger partial charge is 0.492 e. The lowest BCUT2D eigenvalue weighted by atomic mass is 10.1. The van der Waals surface area contributed by atoms with Crippen molar-refractivity contribution < 1.29 is 4.74 Å². The molecule has 0 radical (unpaired) electrons. The van der Waals surface area contributed by atoms with Crippen LogP contribution in [-0.2, 0) is 0 Å². The molecular formula is C14H18ClNOS. The molecule has 0 heterocycles. The summed E-state index contributed by atoms with van der Waals surface area (Å²) in [5.41, 5.74) is 6.32. The van der Waals surface area contributed by atoms with Crippen LogP contribution in [0.5, 0.6) is 5.75 Å². The molecule has 1 aliphatic rings. The monoisotopic (exact) mass is 283 g/mol. The van der Waals surface area contributed by atoms with Crippen molar-refractivity contribution >= 4 is 28.8 Å². The number of nitrogens with two attached hydrogens (primary N) is 1. The van der Waals surface area contributed by atoms with Crippen LogP contribution in [0.25, 0.3) is 0 Å². The molecule has 0 aliphatic heterocycles. The van der Waals surface area contributed by atoms with Gasteiger partial charge in [0.25, 0.3) is 0 Å². The highest BCUT2D eigenvalue weighted by molar-refractivity contribution is 7.80. The molecule has 2 N–H and O–H groups in total. The van der Waals surface area contributed by atoms with Crippen LogP contribution in [0.4, 0.5) is 0 Å². The summed E-state index contributed by atoms with van der Waals surface area (Å²) in [5.74, 6) is 1.55. The van der Waals surface area contributed by atoms with Gasteiger partial charge in [-0.3, -0.25) is 0 Å². The standard InChI is InChI=1S/C14H18ClNOS/c15-12-9-11(14(16)18)5-6-13(12)17-8-7-10-3-1-2-4-10/h5-6,9-10H,1-4,7-8H2,(H2,16,18). The minimum absolute atomic E-state index is 0.356. The predicted molar refractivity (Wildman–Crippen MR) is 79.4 cm³/mol. The van der Waals surface area contributed by atoms with E-state index in [0.29, 0.717) is 10.0 Å². The van der Waals surface area contributed by atoms with Crippen LogP contribution in [0, 0.1) is 5.92 Å². The van der Waals surface area contributed by atoms with Crippen molar-refractivity contribution in [2.45, 2.75) is 32.1 Å². The molecule has 0 spiro atoms. The molecule has 1 aromatic carbocycles. The fraction of sp³-hybridized carbons (Fsp3) is 0.500. The number of hydrogen-bond acceptors (Lipinski definition) is 2. The molecule has 2 nitrogen and oxygen atoms in total. The normalized spacial score (nSPS) is 15.8. The van der Waals surface area contributed by atoms with E-state index in [1.165, 1.54) is 25.7 Å². The van der Waals surface area contributed by atoms with Gasteiger partial charge in [0.2, 0.25) is 0 Å². The molecule has 18 heavy (non-hydrogen) atoms. The number of halogens is 1. The quantitative estimate of drug-likeness (QED) is 0.832. The third kappa shape index (κ3) is 3.59. The lowest BCUT2D eigenvalue weighted by molar-refractivity contribution is 0.279. The first-order valence-electron chi connectivity index (χ1n) is 6.39. The number of benzene rings is 1. The van der Waals surface area contributed by atoms with Crippen LogP contribution >= 0.6 is 23.8 Å². The number of hydrogen-bond donors (Lipinski definition) is 1. The Labute approximate surface area is 118 Å². The average Bonchev–Trinajstić information content (AvgIpc) is 2.84. The lowest BCUT2D eigenvalue weighted by Gasteiger charge is -2.12. The summed E-state index contributed by atoms with van der Waals surface area (Å²) in [6.07, 6.45) is 6.55. The Hall–Kier alpha value is -0.800. The number of thiocarbonyl (C=S) groups is 1. The molecule has 0 amide bonds. The van der Waals surface area contributed by atoms with Crippen LogP contribution < -0.4 is 10.5 Å². The summed E-state index contributed by atoms with van der Waals surface area (Å²) in [7, 11) is 0. The van der Waals surface area contributed by atoms with Crippen LogP contribution in [0.3, 0.4) is 0 Å². The fourth-order valence-electron chi connectivity index (χ4n) is 2.41. The highest BCUT2D eigenvalue weighted by Crippen LogP contribution is 2.29. The van der Waals surface area contributed by atoms with Crippen LogP contribution in [0.15, 0.2) is 18.2 Å². The topological polar surface area (TPSA) is 35.2 Å². The van der Waals surface area contributed by atoms with Gasteiger partial charge in [0.15, 0.2) is 0 Å². The van der Waals surface area contributed by atoms with Gasteiger partial charge in [-0.15, -0.1) is 0 Å². The van der Waals surface area contributed by atoms with Crippen LogP contribution in [-0.4, -0.2) is 11.6 Å². The predicted octanol–water partition coefficient (Wildman–Crippen LogP) is 3.93. The Kier molecular flexibility index (Phi) is 4.84. The number of ether oxygens (including phenoxy) is 1. The highest BCUT2D eigenvalue weighted by atomic mass is 35.5. The third-order valence-electron chi connectivity index (χ3n) is 3.47. The zero-order valence-electron chi connectivity index (χ0n) is 10.3.